The minimum atomic E-state index is -4.82. The number of nitro groups is 1. The van der Waals surface area contributed by atoms with E-state index >= 15 is 0 Å². The lowest BCUT2D eigenvalue weighted by Gasteiger charge is -2.46. The minimum Gasteiger partial charge on any atom is -0.479 e. The van der Waals surface area contributed by atoms with E-state index in [-0.39, 0.29) is 54.3 Å². The number of nitrogens with zero attached hydrogens (tertiary/aromatic N) is 3. The molecular weight excluding hydrogens is 504 g/mol. The van der Waals surface area contributed by atoms with Crippen LogP contribution in [0.1, 0.15) is 32.6 Å². The van der Waals surface area contributed by atoms with Crippen LogP contribution in [0.4, 0.5) is 5.69 Å². The first-order chi connectivity index (χ1) is 17.3. The normalized spacial score (nSPS) is 20.8. The molecule has 2 aromatic carbocycles. The molecule has 0 aromatic heterocycles. The standard InChI is InChI=1S/C23H30N6O7S/c1-14-10-12-28(20(30)17(24)7-4-11-27-22(25)26)23(13-14,21(31)32)37(35,36)19-9-3-5-15-16(19)6-2-8-18(15)29(33)34/h2-3,5-6,8-9,14,17H,4,7,10-13,24H2,1H3,(H,31,32)(H4,25,26,27)/t14?,17-,23?/m0/s1. The Hall–Kier alpha value is -3.78. The van der Waals surface area contributed by atoms with E-state index in [1.165, 1.54) is 36.4 Å². The fourth-order valence-corrected chi connectivity index (χ4v) is 7.05. The summed E-state index contributed by atoms with van der Waals surface area (Å²) in [7, 11) is -4.82. The second kappa shape index (κ2) is 10.7. The summed E-state index contributed by atoms with van der Waals surface area (Å²) in [6.07, 6.45) is 0.410. The molecule has 0 spiro atoms. The van der Waals surface area contributed by atoms with Gasteiger partial charge in [0.15, 0.2) is 5.96 Å². The van der Waals surface area contributed by atoms with Crippen LogP contribution >= 0.6 is 0 Å². The zero-order valence-corrected chi connectivity index (χ0v) is 21.1. The quantitative estimate of drug-likeness (QED) is 0.117. The number of hydrogen-bond acceptors (Lipinski definition) is 8. The number of fused-ring (bicyclic) bond motifs is 1. The van der Waals surface area contributed by atoms with Crippen molar-refractivity contribution in [3.63, 3.8) is 0 Å². The molecule has 1 amide bonds. The largest absolute Gasteiger partial charge is 0.479 e. The van der Waals surface area contributed by atoms with E-state index in [0.717, 1.165) is 4.90 Å². The second-order valence-corrected chi connectivity index (χ2v) is 11.2. The molecule has 0 aliphatic carbocycles. The first kappa shape index (κ1) is 27.8. The number of aliphatic carboxylic acids is 1. The van der Waals surface area contributed by atoms with E-state index in [1.54, 1.807) is 6.92 Å². The Balaban J connectivity index is 2.14. The predicted molar refractivity (Wildman–Crippen MR) is 136 cm³/mol. The molecule has 3 atom stereocenters. The van der Waals surface area contributed by atoms with Crippen LogP contribution in [0.2, 0.25) is 0 Å². The van der Waals surface area contributed by atoms with Gasteiger partial charge < -0.3 is 27.2 Å². The zero-order valence-electron chi connectivity index (χ0n) is 20.2. The third kappa shape index (κ3) is 5.06. The summed E-state index contributed by atoms with van der Waals surface area (Å²) in [4.78, 5) is 38.8. The molecule has 1 heterocycles. The Morgan fingerprint density at radius 1 is 1.24 bits per heavy atom. The van der Waals surface area contributed by atoms with Crippen molar-refractivity contribution in [1.29, 1.82) is 0 Å². The SMILES string of the molecule is CC1CCN(C(=O)[C@@H](N)CCCN=C(N)N)C(C(=O)O)(S(=O)(=O)c2cccc3c([N+](=O)[O-])cccc23)C1. The number of amides is 1. The van der Waals surface area contributed by atoms with Gasteiger partial charge in [0.1, 0.15) is 0 Å². The first-order valence-corrected chi connectivity index (χ1v) is 13.1. The highest BCUT2D eigenvalue weighted by Crippen LogP contribution is 2.43. The highest BCUT2D eigenvalue weighted by Gasteiger charge is 2.60. The highest BCUT2D eigenvalue weighted by molar-refractivity contribution is 7.93. The smallest absolute Gasteiger partial charge is 0.346 e. The van der Waals surface area contributed by atoms with E-state index in [9.17, 15) is 33.2 Å². The molecule has 2 unspecified atom stereocenters. The van der Waals surface area contributed by atoms with Crippen LogP contribution in [-0.2, 0) is 19.4 Å². The number of piperidine rings is 1. The van der Waals surface area contributed by atoms with Gasteiger partial charge in [-0.2, -0.15) is 0 Å². The number of guanidine groups is 1. The van der Waals surface area contributed by atoms with Crippen LogP contribution in [0.5, 0.6) is 0 Å². The number of nitro benzene ring substituents is 1. The lowest BCUT2D eigenvalue weighted by molar-refractivity contribution is -0.383. The summed E-state index contributed by atoms with van der Waals surface area (Å²) in [5.41, 5.74) is 16.3. The third-order valence-electron chi connectivity index (χ3n) is 6.58. The van der Waals surface area contributed by atoms with Crippen molar-refractivity contribution in [3.8, 4) is 0 Å². The number of rotatable bonds is 9. The maximum Gasteiger partial charge on any atom is 0.346 e. The molecule has 1 aliphatic rings. The second-order valence-electron chi connectivity index (χ2n) is 9.12. The molecule has 14 heteroatoms. The molecule has 37 heavy (non-hydrogen) atoms. The summed E-state index contributed by atoms with van der Waals surface area (Å²) in [5.74, 6) is -3.02. The van der Waals surface area contributed by atoms with Crippen molar-refractivity contribution < 1.29 is 28.0 Å². The Labute approximate surface area is 213 Å². The van der Waals surface area contributed by atoms with Crippen molar-refractivity contribution in [2.75, 3.05) is 13.1 Å². The van der Waals surface area contributed by atoms with Crippen LogP contribution in [0, 0.1) is 16.0 Å². The minimum absolute atomic E-state index is 0.00974. The van der Waals surface area contributed by atoms with E-state index in [0.29, 0.717) is 12.8 Å². The average molecular weight is 535 g/mol. The van der Waals surface area contributed by atoms with Gasteiger partial charge in [-0.25, -0.2) is 13.2 Å². The Morgan fingerprint density at radius 3 is 2.51 bits per heavy atom. The van der Waals surface area contributed by atoms with Gasteiger partial charge in [-0.05, 0) is 43.7 Å². The molecule has 0 saturated carbocycles. The third-order valence-corrected chi connectivity index (χ3v) is 8.97. The van der Waals surface area contributed by atoms with Gasteiger partial charge in [-0.1, -0.05) is 25.1 Å². The number of carboxylic acids is 1. The molecule has 1 saturated heterocycles. The van der Waals surface area contributed by atoms with Crippen LogP contribution in [0.15, 0.2) is 46.3 Å². The molecule has 0 bridgehead atoms. The molecule has 2 aromatic rings. The Morgan fingerprint density at radius 2 is 1.89 bits per heavy atom. The monoisotopic (exact) mass is 534 g/mol. The molecule has 7 N–H and O–H groups in total. The van der Waals surface area contributed by atoms with Gasteiger partial charge in [-0.15, -0.1) is 0 Å². The van der Waals surface area contributed by atoms with Gasteiger partial charge in [-0.3, -0.25) is 19.9 Å². The van der Waals surface area contributed by atoms with Crippen LogP contribution in [-0.4, -0.2) is 65.2 Å². The summed E-state index contributed by atoms with van der Waals surface area (Å²) in [5, 5.41) is 22.0. The van der Waals surface area contributed by atoms with Gasteiger partial charge in [0, 0.05) is 24.5 Å². The molecule has 200 valence electrons. The van der Waals surface area contributed by atoms with E-state index in [1.807, 2.05) is 0 Å². The number of aliphatic imine (C=N–C) groups is 1. The van der Waals surface area contributed by atoms with Crippen LogP contribution in [0.3, 0.4) is 0 Å². The topological polar surface area (TPSA) is 225 Å². The predicted octanol–water partition coefficient (Wildman–Crippen LogP) is 0.942. The van der Waals surface area contributed by atoms with Crippen molar-refractivity contribution in [3.05, 3.63) is 46.5 Å². The molecule has 1 aliphatic heterocycles. The number of sulfone groups is 1. The van der Waals surface area contributed by atoms with Crippen molar-refractivity contribution in [1.82, 2.24) is 4.90 Å². The van der Waals surface area contributed by atoms with Crippen molar-refractivity contribution in [2.45, 2.75) is 48.4 Å². The molecular formula is C23H30N6O7S. The van der Waals surface area contributed by atoms with Gasteiger partial charge in [0.2, 0.25) is 20.6 Å². The van der Waals surface area contributed by atoms with Crippen molar-refractivity contribution in [2.24, 2.45) is 28.1 Å². The van der Waals surface area contributed by atoms with E-state index < -0.39 is 42.4 Å². The number of benzene rings is 2. The Bertz CT molecular complexity index is 1360. The molecule has 3 rings (SSSR count). The summed E-state index contributed by atoms with van der Waals surface area (Å²) in [6, 6.07) is 6.63. The summed E-state index contributed by atoms with van der Waals surface area (Å²) in [6.45, 7) is 1.76. The van der Waals surface area contributed by atoms with E-state index in [4.69, 9.17) is 17.2 Å². The lowest BCUT2D eigenvalue weighted by atomic mass is 9.91. The number of nitrogens with two attached hydrogens (primary N) is 3. The van der Waals surface area contributed by atoms with E-state index in [2.05, 4.69) is 4.99 Å². The maximum absolute atomic E-state index is 14.2. The van der Waals surface area contributed by atoms with Gasteiger partial charge in [0.05, 0.1) is 21.2 Å². The highest BCUT2D eigenvalue weighted by atomic mass is 32.2. The average Bonchev–Trinajstić information content (AvgIpc) is 2.84. The molecule has 0 radical (unpaired) electrons. The first-order valence-electron chi connectivity index (χ1n) is 11.6. The number of carbonyl (C=O) groups is 2. The van der Waals surface area contributed by atoms with Crippen LogP contribution in [0.25, 0.3) is 10.8 Å². The van der Waals surface area contributed by atoms with Gasteiger partial charge in [0.25, 0.3) is 5.69 Å². The lowest BCUT2D eigenvalue weighted by Crippen LogP contribution is -2.67. The van der Waals surface area contributed by atoms with Crippen LogP contribution < -0.4 is 17.2 Å². The fraction of sp³-hybridized carbons (Fsp3) is 0.435. The maximum atomic E-state index is 14.2. The molecule has 1 fully saturated rings. The summed E-state index contributed by atoms with van der Waals surface area (Å²) >= 11 is 0. The fourth-order valence-electron chi connectivity index (χ4n) is 4.76. The Kier molecular flexibility index (Phi) is 8.03. The van der Waals surface area contributed by atoms with Gasteiger partial charge >= 0.3 is 5.97 Å². The number of hydrogen-bond donors (Lipinski definition) is 4. The number of non-ortho nitro benzene ring substituents is 1. The number of likely N-dealkylation sites (tertiary alicyclic amines) is 1. The van der Waals surface area contributed by atoms with Crippen molar-refractivity contribution >= 4 is 44.1 Å². The number of carboxylic acid groups (broad SMARTS) is 1. The number of carbonyl (C=O) groups excluding carboxylic acids is 1. The molecule has 13 nitrogen and oxygen atoms in total. The summed E-state index contributed by atoms with van der Waals surface area (Å²) < 4.78 is 28.5. The zero-order chi connectivity index (χ0) is 27.5.